The molecule has 1 amide bonds. The molecule has 0 saturated carbocycles. The van der Waals surface area contributed by atoms with Gasteiger partial charge in [-0.05, 0) is 32.1 Å². The molecule has 1 saturated heterocycles. The Kier molecular flexibility index (Phi) is 37.8. The van der Waals surface area contributed by atoms with Crippen molar-refractivity contribution in [2.24, 2.45) is 11.8 Å². The third kappa shape index (κ3) is 33.4. The molecular formula is C53H93NO13. The Morgan fingerprint density at radius 1 is 0.388 bits per heavy atom. The van der Waals surface area contributed by atoms with Crippen molar-refractivity contribution >= 4 is 41.7 Å². The maximum absolute atomic E-state index is 13.1. The van der Waals surface area contributed by atoms with Gasteiger partial charge in [0, 0.05) is 38.0 Å². The Morgan fingerprint density at radius 3 is 1.07 bits per heavy atom. The summed E-state index contributed by atoms with van der Waals surface area (Å²) in [6, 6.07) is -0.875. The normalized spacial score (nSPS) is 14.8. The molecule has 1 fully saturated rings. The Labute approximate surface area is 404 Å². The predicted octanol–water partition coefficient (Wildman–Crippen LogP) is 11.2. The first-order chi connectivity index (χ1) is 32.4. The minimum atomic E-state index is -0.632. The topological polar surface area (TPSA) is 178 Å². The van der Waals surface area contributed by atoms with Gasteiger partial charge in [-0.2, -0.15) is 0 Å². The number of carbonyl (C=O) groups is 7. The molecule has 0 bridgehead atoms. The van der Waals surface area contributed by atoms with Crippen LogP contribution in [0.2, 0.25) is 0 Å². The molecular weight excluding hydrogens is 859 g/mol. The third-order valence-corrected chi connectivity index (χ3v) is 12.3. The van der Waals surface area contributed by atoms with Crippen LogP contribution in [0.15, 0.2) is 0 Å². The summed E-state index contributed by atoms with van der Waals surface area (Å²) in [5.41, 5.74) is 0. The molecule has 0 spiro atoms. The van der Waals surface area contributed by atoms with Crippen LogP contribution in [0.5, 0.6) is 0 Å². The molecule has 1 aliphatic rings. The van der Waals surface area contributed by atoms with Crippen LogP contribution in [0.25, 0.3) is 0 Å². The number of hydrogen-bond donors (Lipinski definition) is 0. The summed E-state index contributed by atoms with van der Waals surface area (Å²) in [6.07, 6.45) is 25.7. The quantitative estimate of drug-likeness (QED) is 0.0320. The van der Waals surface area contributed by atoms with E-state index in [9.17, 15) is 33.6 Å². The van der Waals surface area contributed by atoms with Gasteiger partial charge in [0.2, 0.25) is 5.91 Å². The molecule has 1 heterocycles. The molecule has 1 rings (SSSR count). The van der Waals surface area contributed by atoms with Gasteiger partial charge < -0.3 is 33.3 Å². The molecule has 3 atom stereocenters. The fourth-order valence-electron chi connectivity index (χ4n) is 8.20. The molecule has 0 radical (unpaired) electrons. The molecule has 0 aromatic heterocycles. The fourth-order valence-corrected chi connectivity index (χ4v) is 8.20. The third-order valence-electron chi connectivity index (χ3n) is 12.3. The van der Waals surface area contributed by atoms with Crippen molar-refractivity contribution in [2.45, 2.75) is 246 Å². The zero-order chi connectivity index (χ0) is 49.3. The van der Waals surface area contributed by atoms with Gasteiger partial charge in [-0.1, -0.05) is 156 Å². The lowest BCUT2D eigenvalue weighted by atomic mass is 9.93. The second kappa shape index (κ2) is 41.3. The van der Waals surface area contributed by atoms with Gasteiger partial charge in [0.25, 0.3) is 0 Å². The lowest BCUT2D eigenvalue weighted by Gasteiger charge is -2.47. The summed E-state index contributed by atoms with van der Waals surface area (Å²) >= 11 is 0. The Morgan fingerprint density at radius 2 is 0.701 bits per heavy atom. The number of carbonyl (C=O) groups excluding carboxylic acids is 7. The minimum absolute atomic E-state index is 0.0851. The molecule has 0 aromatic carbocycles. The van der Waals surface area contributed by atoms with E-state index in [0.717, 1.165) is 128 Å². The van der Waals surface area contributed by atoms with E-state index in [1.54, 1.807) is 0 Å². The maximum Gasteiger partial charge on any atom is 0.306 e. The first-order valence-corrected chi connectivity index (χ1v) is 26.7. The number of esters is 6. The summed E-state index contributed by atoms with van der Waals surface area (Å²) in [5.74, 6) is -4.21. The zero-order valence-corrected chi connectivity index (χ0v) is 42.7. The summed E-state index contributed by atoms with van der Waals surface area (Å²) < 4.78 is 33.2. The number of amides is 1. The van der Waals surface area contributed by atoms with E-state index in [-0.39, 0.29) is 95.4 Å². The van der Waals surface area contributed by atoms with Crippen LogP contribution in [0, 0.1) is 11.8 Å². The van der Waals surface area contributed by atoms with Crippen molar-refractivity contribution in [2.75, 3.05) is 39.6 Å². The average molecular weight is 952 g/mol. The largest absolute Gasteiger partial charge is 0.466 e. The molecule has 0 aromatic rings. The number of nitrogens with zero attached hydrogens (tertiary/aromatic N) is 1. The highest BCUT2D eigenvalue weighted by atomic mass is 16.6. The molecule has 388 valence electrons. The van der Waals surface area contributed by atoms with Crippen LogP contribution in [0.3, 0.4) is 0 Å². The summed E-state index contributed by atoms with van der Waals surface area (Å²) in [4.78, 5) is 90.8. The van der Waals surface area contributed by atoms with Gasteiger partial charge in [0.05, 0.1) is 57.8 Å². The molecule has 14 nitrogen and oxygen atoms in total. The molecule has 3 unspecified atom stereocenters. The van der Waals surface area contributed by atoms with Crippen molar-refractivity contribution in [1.29, 1.82) is 0 Å². The van der Waals surface area contributed by atoms with E-state index in [1.807, 2.05) is 0 Å². The molecule has 14 heteroatoms. The van der Waals surface area contributed by atoms with Crippen molar-refractivity contribution in [3.63, 3.8) is 0 Å². The van der Waals surface area contributed by atoms with E-state index in [2.05, 4.69) is 27.7 Å². The molecule has 0 N–H and O–H groups in total. The molecule has 67 heavy (non-hydrogen) atoms. The van der Waals surface area contributed by atoms with Crippen molar-refractivity contribution in [3.05, 3.63) is 0 Å². The smallest absolute Gasteiger partial charge is 0.306 e. The second-order valence-electron chi connectivity index (χ2n) is 18.8. The van der Waals surface area contributed by atoms with Crippen LogP contribution in [-0.2, 0) is 62.0 Å². The first-order valence-electron chi connectivity index (χ1n) is 26.7. The minimum Gasteiger partial charge on any atom is -0.466 e. The van der Waals surface area contributed by atoms with E-state index < -0.39 is 41.8 Å². The first kappa shape index (κ1) is 61.3. The van der Waals surface area contributed by atoms with Crippen LogP contribution in [0.1, 0.15) is 234 Å². The van der Waals surface area contributed by atoms with Gasteiger partial charge in [-0.25, -0.2) is 0 Å². The van der Waals surface area contributed by atoms with Gasteiger partial charge >= 0.3 is 35.8 Å². The molecule has 0 aliphatic carbocycles. The van der Waals surface area contributed by atoms with Gasteiger partial charge in [-0.3, -0.25) is 33.6 Å². The summed E-state index contributed by atoms with van der Waals surface area (Å²) in [7, 11) is 0. The standard InChI is InChI=1S/C53H93NO13/c1-6-10-14-18-22-26-30-48(56)63-38-44(34-51(59)62-33-29-25-21-17-13-9-4)35-52(60)66-41-46-37-47(54(46)43(5)55)42-67-53(61)36-45(39-64-49(57)31-27-23-19-15-11-7-2)40-65-50(58)32-28-24-20-16-12-8-3/h44-47H,6-42H2,1-5H3. The summed E-state index contributed by atoms with van der Waals surface area (Å²) in [6.45, 7) is 9.84. The van der Waals surface area contributed by atoms with E-state index >= 15 is 0 Å². The number of hydrogen-bond acceptors (Lipinski definition) is 13. The van der Waals surface area contributed by atoms with Crippen LogP contribution < -0.4 is 0 Å². The monoisotopic (exact) mass is 952 g/mol. The van der Waals surface area contributed by atoms with Gasteiger partial charge in [0.1, 0.15) is 13.2 Å². The average Bonchev–Trinajstić information content (AvgIpc) is 3.28. The van der Waals surface area contributed by atoms with Crippen molar-refractivity contribution < 1.29 is 62.0 Å². The highest BCUT2D eigenvalue weighted by molar-refractivity contribution is 5.76. The van der Waals surface area contributed by atoms with Gasteiger partial charge in [0.15, 0.2) is 0 Å². The second-order valence-corrected chi connectivity index (χ2v) is 18.8. The highest BCUT2D eigenvalue weighted by Crippen LogP contribution is 2.27. The van der Waals surface area contributed by atoms with Crippen molar-refractivity contribution in [3.8, 4) is 0 Å². The van der Waals surface area contributed by atoms with Crippen LogP contribution in [-0.4, -0.2) is 98.3 Å². The van der Waals surface area contributed by atoms with Gasteiger partial charge in [-0.15, -0.1) is 0 Å². The van der Waals surface area contributed by atoms with Crippen molar-refractivity contribution in [1.82, 2.24) is 4.90 Å². The highest BCUT2D eigenvalue weighted by Gasteiger charge is 2.42. The fraction of sp³-hybridized carbons (Fsp3) is 0.868. The Balaban J connectivity index is 2.72. The van der Waals surface area contributed by atoms with Crippen LogP contribution in [0.4, 0.5) is 0 Å². The lowest BCUT2D eigenvalue weighted by molar-refractivity contribution is -0.165. The Bertz CT molecular complexity index is 1320. The SMILES string of the molecule is CCCCCCCCOC(=O)CC(COC(=O)CCCCCCCC)CC(=O)OCC1CC(COC(=O)CC(COC(=O)CCCCCCCC)COC(=O)CCCCCCCC)N1C(C)=O. The lowest BCUT2D eigenvalue weighted by Crippen LogP contribution is -2.61. The van der Waals surface area contributed by atoms with E-state index in [0.29, 0.717) is 13.0 Å². The zero-order valence-electron chi connectivity index (χ0n) is 42.7. The van der Waals surface area contributed by atoms with Crippen LogP contribution >= 0.6 is 0 Å². The summed E-state index contributed by atoms with van der Waals surface area (Å²) in [5, 5.41) is 0. The predicted molar refractivity (Wildman–Crippen MR) is 259 cm³/mol. The number of rotatable bonds is 44. The van der Waals surface area contributed by atoms with E-state index in [1.165, 1.54) is 37.5 Å². The molecule has 1 aliphatic heterocycles. The number of unbranched alkanes of at least 4 members (excludes halogenated alkanes) is 20. The Hall–Kier alpha value is -3.71. The number of ether oxygens (including phenoxy) is 6. The number of likely N-dealkylation sites (tertiary alicyclic amines) is 1. The maximum atomic E-state index is 13.1. The van der Waals surface area contributed by atoms with E-state index in [4.69, 9.17) is 28.4 Å².